The van der Waals surface area contributed by atoms with Crippen LogP contribution in [0.3, 0.4) is 0 Å². The van der Waals surface area contributed by atoms with Crippen molar-refractivity contribution in [2.24, 2.45) is 5.11 Å². The number of hydrogen-bond donors (Lipinski definition) is 0. The summed E-state index contributed by atoms with van der Waals surface area (Å²) < 4.78 is 5.56. The molecule has 0 saturated carbocycles. The summed E-state index contributed by atoms with van der Waals surface area (Å²) in [6.07, 6.45) is -0.298. The molecule has 2 aromatic rings. The van der Waals surface area contributed by atoms with E-state index in [4.69, 9.17) is 21.9 Å². The largest absolute Gasteiger partial charge is 0.461 e. The van der Waals surface area contributed by atoms with Crippen LogP contribution in [0.4, 0.5) is 0 Å². The summed E-state index contributed by atoms with van der Waals surface area (Å²) in [5, 5.41) is 3.91. The lowest BCUT2D eigenvalue weighted by molar-refractivity contribution is -0.150. The van der Waals surface area contributed by atoms with Gasteiger partial charge in [0.05, 0.1) is 5.41 Å². The highest BCUT2D eigenvalue weighted by Gasteiger charge is 2.57. The third-order valence-corrected chi connectivity index (χ3v) is 5.50. The summed E-state index contributed by atoms with van der Waals surface area (Å²) in [7, 11) is 0. The first-order valence-corrected chi connectivity index (χ1v) is 8.53. The van der Waals surface area contributed by atoms with Gasteiger partial charge >= 0.3 is 5.97 Å². The Morgan fingerprint density at radius 2 is 1.96 bits per heavy atom. The number of azide groups is 1. The monoisotopic (exact) mass is 367 g/mol. The second-order valence-corrected chi connectivity index (χ2v) is 6.98. The maximum Gasteiger partial charge on any atom is 0.302 e. The molecule has 6 nitrogen and oxygen atoms in total. The molecule has 0 fully saturated rings. The van der Waals surface area contributed by atoms with Gasteiger partial charge in [-0.25, -0.2) is 0 Å². The SMILES string of the molecule is CC(=O)OC1CC2(C(=O)N=[N+]=[N-])c3ccccc3C1c1ccc(Cl)cc12. The average Bonchev–Trinajstić information content (AvgIpc) is 2.61. The van der Waals surface area contributed by atoms with Crippen LogP contribution in [0.25, 0.3) is 10.4 Å². The van der Waals surface area contributed by atoms with Crippen molar-refractivity contribution in [1.82, 2.24) is 0 Å². The number of fused-ring (bicyclic) bond motifs is 1. The van der Waals surface area contributed by atoms with E-state index in [1.165, 1.54) is 6.92 Å². The van der Waals surface area contributed by atoms with Crippen molar-refractivity contribution in [3.63, 3.8) is 0 Å². The van der Waals surface area contributed by atoms with Crippen LogP contribution in [0.2, 0.25) is 5.02 Å². The van der Waals surface area contributed by atoms with E-state index < -0.39 is 23.4 Å². The summed E-state index contributed by atoms with van der Waals surface area (Å²) in [4.78, 5) is 27.4. The van der Waals surface area contributed by atoms with Crippen molar-refractivity contribution in [2.45, 2.75) is 30.8 Å². The molecule has 3 unspecified atom stereocenters. The molecule has 0 aromatic heterocycles. The molecular formula is C19H14ClN3O3. The minimum absolute atomic E-state index is 0.192. The third kappa shape index (κ3) is 2.16. The van der Waals surface area contributed by atoms with Crippen molar-refractivity contribution in [3.05, 3.63) is 80.2 Å². The molecular weight excluding hydrogens is 354 g/mol. The number of benzene rings is 2. The van der Waals surface area contributed by atoms with Crippen LogP contribution in [0, 0.1) is 0 Å². The number of nitrogens with zero attached hydrogens (tertiary/aromatic N) is 3. The zero-order valence-corrected chi connectivity index (χ0v) is 14.6. The quantitative estimate of drug-likeness (QED) is 0.344. The molecule has 2 aromatic carbocycles. The van der Waals surface area contributed by atoms with E-state index in [0.717, 1.165) is 22.3 Å². The molecule has 3 aliphatic carbocycles. The molecule has 0 heterocycles. The van der Waals surface area contributed by atoms with Gasteiger partial charge in [-0.3, -0.25) is 9.59 Å². The lowest BCUT2D eigenvalue weighted by atomic mass is 9.54. The van der Waals surface area contributed by atoms with Crippen LogP contribution in [-0.2, 0) is 19.7 Å². The lowest BCUT2D eigenvalue weighted by Crippen LogP contribution is -2.52. The van der Waals surface area contributed by atoms with Gasteiger partial charge in [0.1, 0.15) is 6.10 Å². The van der Waals surface area contributed by atoms with Crippen LogP contribution < -0.4 is 0 Å². The predicted molar refractivity (Wildman–Crippen MR) is 94.8 cm³/mol. The van der Waals surface area contributed by atoms with Crippen molar-refractivity contribution in [2.75, 3.05) is 0 Å². The van der Waals surface area contributed by atoms with Gasteiger partial charge in [0, 0.05) is 29.2 Å². The molecule has 0 spiro atoms. The summed E-state index contributed by atoms with van der Waals surface area (Å²) in [6, 6.07) is 12.9. The van der Waals surface area contributed by atoms with E-state index in [1.807, 2.05) is 30.3 Å². The van der Waals surface area contributed by atoms with E-state index in [9.17, 15) is 9.59 Å². The molecule has 0 saturated heterocycles. The highest BCUT2D eigenvalue weighted by Crippen LogP contribution is 2.58. The van der Waals surface area contributed by atoms with Gasteiger partial charge in [0.15, 0.2) is 0 Å². The molecule has 7 heteroatoms. The second kappa shape index (κ2) is 5.87. The van der Waals surface area contributed by atoms with Gasteiger partial charge in [0.25, 0.3) is 0 Å². The topological polar surface area (TPSA) is 92.1 Å². The third-order valence-electron chi connectivity index (χ3n) is 5.26. The Morgan fingerprint density at radius 1 is 1.23 bits per heavy atom. The van der Waals surface area contributed by atoms with Gasteiger partial charge in [-0.2, -0.15) is 0 Å². The van der Waals surface area contributed by atoms with E-state index >= 15 is 0 Å². The van der Waals surface area contributed by atoms with Crippen molar-refractivity contribution in [1.29, 1.82) is 0 Å². The predicted octanol–water partition coefficient (Wildman–Crippen LogP) is 4.24. The first-order chi connectivity index (χ1) is 12.5. The number of halogens is 1. The van der Waals surface area contributed by atoms with Crippen molar-refractivity contribution >= 4 is 23.5 Å². The Hall–Kier alpha value is -2.82. The van der Waals surface area contributed by atoms with E-state index in [-0.39, 0.29) is 12.3 Å². The summed E-state index contributed by atoms with van der Waals surface area (Å²) >= 11 is 6.21. The number of esters is 1. The zero-order chi connectivity index (χ0) is 18.5. The molecule has 2 bridgehead atoms. The van der Waals surface area contributed by atoms with Crippen molar-refractivity contribution < 1.29 is 14.3 Å². The first-order valence-electron chi connectivity index (χ1n) is 8.15. The van der Waals surface area contributed by atoms with E-state index in [1.54, 1.807) is 12.1 Å². The van der Waals surface area contributed by atoms with Crippen LogP contribution >= 0.6 is 11.6 Å². The molecule has 5 rings (SSSR count). The number of rotatable bonds is 2. The van der Waals surface area contributed by atoms with Gasteiger partial charge in [-0.05, 0) is 45.0 Å². The maximum absolute atomic E-state index is 13.0. The summed E-state index contributed by atoms with van der Waals surface area (Å²) in [5.74, 6) is -1.23. The molecule has 130 valence electrons. The number of carbonyl (C=O) groups is 2. The molecule has 0 radical (unpaired) electrons. The number of hydrogen-bond acceptors (Lipinski definition) is 3. The maximum atomic E-state index is 13.0. The van der Waals surface area contributed by atoms with Gasteiger partial charge in [0.2, 0.25) is 5.91 Å². The first kappa shape index (κ1) is 16.6. The summed E-state index contributed by atoms with van der Waals surface area (Å²) in [6.45, 7) is 1.35. The van der Waals surface area contributed by atoms with Gasteiger partial charge in [-0.15, -0.1) is 0 Å². The van der Waals surface area contributed by atoms with Crippen LogP contribution in [0.5, 0.6) is 0 Å². The fraction of sp³-hybridized carbons (Fsp3) is 0.263. The fourth-order valence-electron chi connectivity index (χ4n) is 4.45. The van der Waals surface area contributed by atoms with Crippen LogP contribution in [0.1, 0.15) is 41.5 Å². The normalized spacial score (nSPS) is 24.8. The number of carbonyl (C=O) groups excluding carboxylic acids is 2. The molecule has 3 atom stereocenters. The Labute approximate surface area is 154 Å². The van der Waals surface area contributed by atoms with E-state index in [2.05, 4.69) is 10.0 Å². The Bertz CT molecular complexity index is 999. The highest BCUT2D eigenvalue weighted by atomic mass is 35.5. The molecule has 0 aliphatic heterocycles. The highest BCUT2D eigenvalue weighted by molar-refractivity contribution is 6.30. The standard InChI is InChI=1S/C19H14ClN3O3/c1-10(24)26-16-9-19(18(25)22-23-21)14-5-3-2-4-12(14)17(16)13-7-6-11(20)8-15(13)19/h2-8,16-17H,9H2,1H3. The fourth-order valence-corrected chi connectivity index (χ4v) is 4.62. The Morgan fingerprint density at radius 3 is 2.69 bits per heavy atom. The molecule has 26 heavy (non-hydrogen) atoms. The zero-order valence-electron chi connectivity index (χ0n) is 13.8. The smallest absolute Gasteiger partial charge is 0.302 e. The Kier molecular flexibility index (Phi) is 3.75. The van der Waals surface area contributed by atoms with Crippen LogP contribution in [0.15, 0.2) is 47.6 Å². The minimum atomic E-state index is -1.21. The van der Waals surface area contributed by atoms with Gasteiger partial charge in [-0.1, -0.05) is 41.9 Å². The second-order valence-electron chi connectivity index (χ2n) is 6.55. The average molecular weight is 368 g/mol. The van der Waals surface area contributed by atoms with Gasteiger partial charge < -0.3 is 4.74 Å². The number of ether oxygens (including phenoxy) is 1. The molecule has 1 amide bonds. The minimum Gasteiger partial charge on any atom is -0.461 e. The molecule has 3 aliphatic rings. The van der Waals surface area contributed by atoms with Crippen LogP contribution in [-0.4, -0.2) is 18.0 Å². The lowest BCUT2D eigenvalue weighted by Gasteiger charge is -2.50. The Balaban J connectivity index is 2.07. The summed E-state index contributed by atoms with van der Waals surface area (Å²) in [5.41, 5.74) is 10.9. The number of amides is 1. The van der Waals surface area contributed by atoms with Crippen molar-refractivity contribution in [3.8, 4) is 0 Å². The van der Waals surface area contributed by atoms with E-state index in [0.29, 0.717) is 5.02 Å². The molecule has 0 N–H and O–H groups in total.